The van der Waals surface area contributed by atoms with Crippen molar-refractivity contribution in [3.8, 4) is 0 Å². The van der Waals surface area contributed by atoms with Crippen LogP contribution in [-0.4, -0.2) is 47.4 Å². The standard InChI is InChI=1S/C70H139NO5/c1-3-5-7-9-11-13-15-17-18-33-37-40-44-48-52-56-60-64-70(75)76-65-61-57-53-49-45-41-38-35-32-30-28-26-24-22-20-19-21-23-25-27-29-31-34-36-39-43-47-51-55-59-63-69(74)71-67(66-72)68(73)62-58-54-50-46-42-16-14-12-10-8-6-4-2/h67-68,72-73H,3-66H2,1-2H3,(H,71,74). The summed E-state index contributed by atoms with van der Waals surface area (Å²) >= 11 is 0. The Bertz CT molecular complexity index is 1100. The van der Waals surface area contributed by atoms with Crippen molar-refractivity contribution in [2.75, 3.05) is 13.2 Å². The minimum atomic E-state index is -0.659. The summed E-state index contributed by atoms with van der Waals surface area (Å²) in [6.07, 6.45) is 80.2. The summed E-state index contributed by atoms with van der Waals surface area (Å²) in [6.45, 7) is 4.99. The van der Waals surface area contributed by atoms with E-state index < -0.39 is 12.1 Å². The minimum absolute atomic E-state index is 0.0252. The average Bonchev–Trinajstić information content (AvgIpc) is 3.42. The first-order chi connectivity index (χ1) is 37.5. The van der Waals surface area contributed by atoms with Gasteiger partial charge in [-0.05, 0) is 25.7 Å². The Morgan fingerprint density at radius 2 is 0.539 bits per heavy atom. The number of nitrogens with one attached hydrogen (secondary N) is 1. The molecule has 3 N–H and O–H groups in total. The largest absolute Gasteiger partial charge is 0.466 e. The van der Waals surface area contributed by atoms with Crippen LogP contribution in [0.4, 0.5) is 0 Å². The van der Waals surface area contributed by atoms with E-state index in [2.05, 4.69) is 19.2 Å². The molecule has 0 aliphatic heterocycles. The van der Waals surface area contributed by atoms with Gasteiger partial charge < -0.3 is 20.3 Å². The zero-order chi connectivity index (χ0) is 55.0. The summed E-state index contributed by atoms with van der Waals surface area (Å²) in [5, 5.41) is 23.3. The highest BCUT2D eigenvalue weighted by Gasteiger charge is 2.20. The molecule has 0 heterocycles. The normalized spacial score (nSPS) is 12.4. The number of unbranched alkanes of at least 4 members (excludes halogenated alkanes) is 56. The molecule has 0 spiro atoms. The second-order valence-electron chi connectivity index (χ2n) is 24.6. The molecule has 0 saturated heterocycles. The van der Waals surface area contributed by atoms with Gasteiger partial charge in [0.1, 0.15) is 0 Å². The number of carbonyl (C=O) groups excluding carboxylic acids is 2. The molecule has 0 aromatic carbocycles. The zero-order valence-electron chi connectivity index (χ0n) is 52.0. The van der Waals surface area contributed by atoms with Gasteiger partial charge in [0.15, 0.2) is 0 Å². The molecule has 0 aromatic heterocycles. The number of esters is 1. The van der Waals surface area contributed by atoms with Crippen molar-refractivity contribution in [1.82, 2.24) is 5.32 Å². The maximum Gasteiger partial charge on any atom is 0.305 e. The summed E-state index contributed by atoms with van der Waals surface area (Å²) in [4.78, 5) is 24.6. The van der Waals surface area contributed by atoms with Crippen molar-refractivity contribution >= 4 is 11.9 Å². The van der Waals surface area contributed by atoms with E-state index in [9.17, 15) is 19.8 Å². The highest BCUT2D eigenvalue weighted by atomic mass is 16.5. The minimum Gasteiger partial charge on any atom is -0.466 e. The molecule has 1 amide bonds. The Labute approximate surface area is 476 Å². The zero-order valence-corrected chi connectivity index (χ0v) is 52.0. The van der Waals surface area contributed by atoms with Gasteiger partial charge in [-0.1, -0.05) is 373 Å². The molecule has 0 aliphatic carbocycles. The van der Waals surface area contributed by atoms with Gasteiger partial charge in [-0.25, -0.2) is 0 Å². The molecule has 0 aromatic rings. The van der Waals surface area contributed by atoms with Crippen molar-refractivity contribution < 1.29 is 24.5 Å². The molecular weight excluding hydrogens is 935 g/mol. The summed E-state index contributed by atoms with van der Waals surface area (Å²) in [5.41, 5.74) is 0. The lowest BCUT2D eigenvalue weighted by Crippen LogP contribution is -2.45. The van der Waals surface area contributed by atoms with Gasteiger partial charge in [-0.3, -0.25) is 9.59 Å². The molecular formula is C70H139NO5. The summed E-state index contributed by atoms with van der Waals surface area (Å²) in [6, 6.07) is -0.536. The van der Waals surface area contributed by atoms with E-state index in [0.29, 0.717) is 25.9 Å². The van der Waals surface area contributed by atoms with E-state index in [1.807, 2.05) is 0 Å². The first-order valence-corrected chi connectivity index (χ1v) is 35.3. The summed E-state index contributed by atoms with van der Waals surface area (Å²) < 4.78 is 5.51. The number of carbonyl (C=O) groups is 2. The Kier molecular flexibility index (Phi) is 65.4. The van der Waals surface area contributed by atoms with Crippen molar-refractivity contribution in [1.29, 1.82) is 0 Å². The van der Waals surface area contributed by atoms with Crippen LogP contribution in [0.3, 0.4) is 0 Å². The molecule has 0 radical (unpaired) electrons. The fourth-order valence-electron chi connectivity index (χ4n) is 11.5. The molecule has 454 valence electrons. The monoisotopic (exact) mass is 1070 g/mol. The third-order valence-electron chi connectivity index (χ3n) is 16.9. The van der Waals surface area contributed by atoms with Crippen molar-refractivity contribution in [3.63, 3.8) is 0 Å². The van der Waals surface area contributed by atoms with E-state index in [0.717, 1.165) is 38.5 Å². The first-order valence-electron chi connectivity index (χ1n) is 35.3. The fraction of sp³-hybridized carbons (Fsp3) is 0.971. The Morgan fingerprint density at radius 1 is 0.316 bits per heavy atom. The van der Waals surface area contributed by atoms with Gasteiger partial charge in [0.05, 0.1) is 25.4 Å². The van der Waals surface area contributed by atoms with Gasteiger partial charge in [-0.2, -0.15) is 0 Å². The molecule has 0 aliphatic rings. The van der Waals surface area contributed by atoms with Crippen LogP contribution in [0.5, 0.6) is 0 Å². The van der Waals surface area contributed by atoms with Crippen LogP contribution >= 0.6 is 0 Å². The van der Waals surface area contributed by atoms with Crippen LogP contribution in [0.1, 0.15) is 412 Å². The van der Waals surface area contributed by atoms with Crippen LogP contribution < -0.4 is 5.32 Å². The second kappa shape index (κ2) is 66.4. The van der Waals surface area contributed by atoms with E-state index in [4.69, 9.17) is 4.74 Å². The lowest BCUT2D eigenvalue weighted by Gasteiger charge is -2.22. The Balaban J connectivity index is 3.29. The van der Waals surface area contributed by atoms with Crippen LogP contribution in [0.25, 0.3) is 0 Å². The molecule has 76 heavy (non-hydrogen) atoms. The predicted molar refractivity (Wildman–Crippen MR) is 334 cm³/mol. The first kappa shape index (κ1) is 74.9. The second-order valence-corrected chi connectivity index (χ2v) is 24.6. The third-order valence-corrected chi connectivity index (χ3v) is 16.9. The molecule has 2 unspecified atom stereocenters. The SMILES string of the molecule is CCCCCCCCCCCCCCCCCCCC(=O)OCCCCCCCCCCCCCCCCCCCCCCCCCCCCCCCCC(=O)NC(CO)C(O)CCCCCCCCCCCCCC. The van der Waals surface area contributed by atoms with Crippen LogP contribution in [0.2, 0.25) is 0 Å². The van der Waals surface area contributed by atoms with Gasteiger partial charge in [0, 0.05) is 12.8 Å². The van der Waals surface area contributed by atoms with Gasteiger partial charge in [0.2, 0.25) is 5.91 Å². The molecule has 0 fully saturated rings. The van der Waals surface area contributed by atoms with E-state index >= 15 is 0 Å². The van der Waals surface area contributed by atoms with E-state index in [1.165, 1.54) is 340 Å². The van der Waals surface area contributed by atoms with Gasteiger partial charge in [0.25, 0.3) is 0 Å². The Hall–Kier alpha value is -1.14. The van der Waals surface area contributed by atoms with E-state index in [1.54, 1.807) is 0 Å². The number of ether oxygens (including phenoxy) is 1. The third kappa shape index (κ3) is 62.1. The highest BCUT2D eigenvalue weighted by molar-refractivity contribution is 5.76. The fourth-order valence-corrected chi connectivity index (χ4v) is 11.5. The topological polar surface area (TPSA) is 95.9 Å². The maximum absolute atomic E-state index is 12.5. The number of hydrogen-bond donors (Lipinski definition) is 3. The lowest BCUT2D eigenvalue weighted by atomic mass is 10.0. The van der Waals surface area contributed by atoms with Gasteiger partial charge >= 0.3 is 5.97 Å². The molecule has 0 bridgehead atoms. The predicted octanol–water partition coefficient (Wildman–Crippen LogP) is 22.6. The lowest BCUT2D eigenvalue weighted by molar-refractivity contribution is -0.143. The quantitative estimate of drug-likeness (QED) is 0.0417. The summed E-state index contributed by atoms with van der Waals surface area (Å²) in [7, 11) is 0. The van der Waals surface area contributed by atoms with Crippen LogP contribution in [0, 0.1) is 0 Å². The molecule has 2 atom stereocenters. The summed E-state index contributed by atoms with van der Waals surface area (Å²) in [5.74, 6) is -0.00356. The number of amides is 1. The molecule has 6 heteroatoms. The maximum atomic E-state index is 12.5. The number of rotatable bonds is 67. The van der Waals surface area contributed by atoms with Crippen molar-refractivity contribution in [2.24, 2.45) is 0 Å². The molecule has 6 nitrogen and oxygen atoms in total. The van der Waals surface area contributed by atoms with Crippen LogP contribution in [-0.2, 0) is 14.3 Å². The smallest absolute Gasteiger partial charge is 0.305 e. The number of hydrogen-bond acceptors (Lipinski definition) is 5. The van der Waals surface area contributed by atoms with E-state index in [-0.39, 0.29) is 18.5 Å². The van der Waals surface area contributed by atoms with Crippen molar-refractivity contribution in [2.45, 2.75) is 424 Å². The number of aliphatic hydroxyl groups excluding tert-OH is 2. The van der Waals surface area contributed by atoms with Crippen LogP contribution in [0.15, 0.2) is 0 Å². The van der Waals surface area contributed by atoms with Crippen molar-refractivity contribution in [3.05, 3.63) is 0 Å². The Morgan fingerprint density at radius 3 is 0.803 bits per heavy atom. The highest BCUT2D eigenvalue weighted by Crippen LogP contribution is 2.20. The average molecular weight is 1070 g/mol. The molecule has 0 rings (SSSR count). The number of aliphatic hydroxyl groups is 2. The molecule has 0 saturated carbocycles. The van der Waals surface area contributed by atoms with Gasteiger partial charge in [-0.15, -0.1) is 0 Å².